The van der Waals surface area contributed by atoms with Gasteiger partial charge in [0.2, 0.25) is 0 Å². The summed E-state index contributed by atoms with van der Waals surface area (Å²) >= 11 is 25.9. The number of ether oxygens (including phenoxy) is 7. The van der Waals surface area contributed by atoms with Crippen LogP contribution in [0.2, 0.25) is 45.8 Å². The van der Waals surface area contributed by atoms with E-state index in [2.05, 4.69) is 19.6 Å². The molecule has 8 rings (SSSR count). The summed E-state index contributed by atoms with van der Waals surface area (Å²) in [6.45, 7) is 7.87. The molecule has 0 saturated carbocycles. The molecule has 2 saturated heterocycles. The Hall–Kier alpha value is -4.53. The Labute approximate surface area is 440 Å². The van der Waals surface area contributed by atoms with Crippen molar-refractivity contribution in [3.8, 4) is 0 Å². The Balaban J connectivity index is 1.22. The molecule has 11 atom stereocenters. The minimum Gasteiger partial charge on any atom is -0.464 e. The predicted molar refractivity (Wildman–Crippen MR) is 272 cm³/mol. The number of halogens is 4. The molecule has 20 heteroatoms. The van der Waals surface area contributed by atoms with Crippen LogP contribution < -0.4 is 0 Å². The van der Waals surface area contributed by atoms with E-state index in [1.54, 1.807) is 60.7 Å². The molecule has 1 N–H and O–H groups in total. The van der Waals surface area contributed by atoms with Crippen LogP contribution in [0.1, 0.15) is 49.1 Å². The van der Waals surface area contributed by atoms with Crippen molar-refractivity contribution in [2.75, 3.05) is 6.61 Å². The summed E-state index contributed by atoms with van der Waals surface area (Å²) in [5, 5.41) is 11.5. The molecule has 2 amide bonds. The summed E-state index contributed by atoms with van der Waals surface area (Å²) < 4.78 is 60.0. The van der Waals surface area contributed by atoms with E-state index >= 15 is 0 Å². The number of aliphatic hydroxyl groups is 1. The first-order valence-corrected chi connectivity index (χ1v) is 29.5. The van der Waals surface area contributed by atoms with E-state index in [0.29, 0.717) is 10.9 Å². The molecule has 2 fully saturated rings. The molecule has 14 nitrogen and oxygen atoms in total. The number of imide groups is 1. The maximum atomic E-state index is 14.6. The van der Waals surface area contributed by atoms with Gasteiger partial charge in [0.25, 0.3) is 11.8 Å². The lowest BCUT2D eigenvalue weighted by Crippen LogP contribution is -2.68. The molecular formula is C52H51Cl4NO13SSi. The third kappa shape index (κ3) is 11.7. The van der Waals surface area contributed by atoms with Crippen LogP contribution in [-0.2, 0) is 62.0 Å². The average Bonchev–Trinajstić information content (AvgIpc) is 3.64. The topological polar surface area (TPSA) is 173 Å². The number of carbonyl (C=O) groups excluding carboxylic acids is 4. The number of rotatable bonds is 17. The first-order chi connectivity index (χ1) is 34.4. The van der Waals surface area contributed by atoms with Crippen molar-refractivity contribution in [1.29, 1.82) is 0 Å². The minimum atomic E-state index is -2.18. The van der Waals surface area contributed by atoms with Crippen LogP contribution in [0, 0.1) is 0 Å². The van der Waals surface area contributed by atoms with Crippen LogP contribution in [0.25, 0.3) is 0 Å². The molecule has 0 spiro atoms. The van der Waals surface area contributed by atoms with Gasteiger partial charge in [0.05, 0.1) is 73.5 Å². The molecule has 72 heavy (non-hydrogen) atoms. The normalized spacial score (nSPS) is 25.7. The highest BCUT2D eigenvalue weighted by Crippen LogP contribution is 2.47. The number of amides is 2. The first-order valence-electron chi connectivity index (χ1n) is 23.0. The molecular weight excluding hydrogens is 1050 g/mol. The number of carbonyl (C=O) groups is 4. The fraction of sp³-hybridized carbons (Fsp3) is 0.346. The van der Waals surface area contributed by atoms with Gasteiger partial charge in [0.15, 0.2) is 23.9 Å². The summed E-state index contributed by atoms with van der Waals surface area (Å²) in [6, 6.07) is 33.4. The van der Waals surface area contributed by atoms with Gasteiger partial charge < -0.3 is 38.3 Å². The lowest BCUT2D eigenvalue weighted by atomic mass is 9.95. The summed E-state index contributed by atoms with van der Waals surface area (Å²) in [6.07, 6.45) is -12.4. The van der Waals surface area contributed by atoms with E-state index in [4.69, 9.17) is 79.6 Å². The van der Waals surface area contributed by atoms with Crippen LogP contribution >= 0.6 is 46.4 Å². The van der Waals surface area contributed by atoms with Crippen molar-refractivity contribution in [3.05, 3.63) is 169 Å². The summed E-state index contributed by atoms with van der Waals surface area (Å²) in [7, 11) is -3.91. The molecule has 5 aromatic carbocycles. The lowest BCUT2D eigenvalue weighted by Gasteiger charge is -2.49. The molecule has 0 aromatic heterocycles. The number of hydrogen-bond acceptors (Lipinski definition) is 13. The van der Waals surface area contributed by atoms with E-state index in [9.17, 15) is 28.5 Å². The van der Waals surface area contributed by atoms with Gasteiger partial charge in [-0.1, -0.05) is 163 Å². The molecule has 0 radical (unpaired) electrons. The maximum absolute atomic E-state index is 14.6. The van der Waals surface area contributed by atoms with Gasteiger partial charge in [-0.15, -0.1) is 0 Å². The molecule has 1 unspecified atom stereocenters. The van der Waals surface area contributed by atoms with Crippen LogP contribution in [-0.4, -0.2) is 113 Å². The smallest absolute Gasteiger partial charge is 0.338 e. The number of esters is 2. The highest BCUT2D eigenvalue weighted by atomic mass is 35.5. The van der Waals surface area contributed by atoms with Crippen molar-refractivity contribution in [3.63, 3.8) is 0 Å². The van der Waals surface area contributed by atoms with E-state index in [1.165, 1.54) is 6.92 Å². The second kappa shape index (κ2) is 23.3. The van der Waals surface area contributed by atoms with Crippen molar-refractivity contribution >= 4 is 89.0 Å². The highest BCUT2D eigenvalue weighted by molar-refractivity contribution is 7.85. The molecule has 3 heterocycles. The van der Waals surface area contributed by atoms with Gasteiger partial charge in [-0.2, -0.15) is 0 Å². The van der Waals surface area contributed by atoms with Gasteiger partial charge in [0, 0.05) is 13.0 Å². The SMILES string of the molecule is C[C@H]1O[C@@H](S(=O)c2ccccc2)[C@H](N2C(=O)c3c(Cl)c(Cl)c(Cl)c(Cl)c3C2=O)[C@@H](O)[C@@H]1O[C@@H]1O[C@H](C(=O)OCC[Si](C)(C)C)[C@H](OCc2ccccc2)[C@H](OCc2ccccc2)[C@H]1OC(=O)c1ccccc1. The summed E-state index contributed by atoms with van der Waals surface area (Å²) in [4.78, 5) is 58.8. The van der Waals surface area contributed by atoms with Gasteiger partial charge in [-0.3, -0.25) is 18.7 Å². The Morgan fingerprint density at radius 2 is 1.18 bits per heavy atom. The van der Waals surface area contributed by atoms with E-state index in [0.717, 1.165) is 11.1 Å². The van der Waals surface area contributed by atoms with Gasteiger partial charge >= 0.3 is 11.9 Å². The monoisotopic (exact) mass is 1100 g/mol. The predicted octanol–water partition coefficient (Wildman–Crippen LogP) is 9.57. The number of aliphatic hydroxyl groups excluding tert-OH is 1. The largest absolute Gasteiger partial charge is 0.464 e. The van der Waals surface area contributed by atoms with Crippen molar-refractivity contribution in [1.82, 2.24) is 4.90 Å². The first kappa shape index (κ1) is 53.7. The van der Waals surface area contributed by atoms with Crippen LogP contribution in [0.4, 0.5) is 0 Å². The third-order valence-electron chi connectivity index (χ3n) is 12.3. The van der Waals surface area contributed by atoms with Crippen molar-refractivity contribution in [2.45, 2.75) is 111 Å². The lowest BCUT2D eigenvalue weighted by molar-refractivity contribution is -0.336. The molecule has 3 aliphatic heterocycles. The van der Waals surface area contributed by atoms with E-state index < -0.39 is 114 Å². The molecule has 0 bridgehead atoms. The number of hydrogen-bond donors (Lipinski definition) is 1. The Morgan fingerprint density at radius 1 is 0.681 bits per heavy atom. The van der Waals surface area contributed by atoms with Crippen molar-refractivity contribution in [2.24, 2.45) is 0 Å². The fourth-order valence-electron chi connectivity index (χ4n) is 8.57. The summed E-state index contributed by atoms with van der Waals surface area (Å²) in [5.41, 5.74) is -0.781. The van der Waals surface area contributed by atoms with Crippen LogP contribution in [0.3, 0.4) is 0 Å². The average molecular weight is 1100 g/mol. The molecule has 0 aliphatic carbocycles. The zero-order valence-corrected chi connectivity index (χ0v) is 44.2. The highest BCUT2D eigenvalue weighted by Gasteiger charge is 2.59. The maximum Gasteiger partial charge on any atom is 0.338 e. The zero-order chi connectivity index (χ0) is 51.4. The van der Waals surface area contributed by atoms with Crippen molar-refractivity contribution < 1.29 is 61.7 Å². The molecule has 380 valence electrons. The van der Waals surface area contributed by atoms with Crippen LogP contribution in [0.15, 0.2) is 126 Å². The summed E-state index contributed by atoms with van der Waals surface area (Å²) in [5.74, 6) is -3.75. The van der Waals surface area contributed by atoms with E-state index in [1.807, 2.05) is 60.7 Å². The Kier molecular flexibility index (Phi) is 17.4. The fourth-order valence-corrected chi connectivity index (χ4v) is 11.8. The number of nitrogens with zero attached hydrogens (tertiary/aromatic N) is 1. The zero-order valence-electron chi connectivity index (χ0n) is 39.4. The molecule has 3 aliphatic rings. The quantitative estimate of drug-likeness (QED) is 0.0307. The number of benzene rings is 5. The minimum absolute atomic E-state index is 0.0395. The third-order valence-corrected chi connectivity index (χ3v) is 17.4. The molecule has 5 aromatic rings. The van der Waals surface area contributed by atoms with Gasteiger partial charge in [0.1, 0.15) is 30.5 Å². The van der Waals surface area contributed by atoms with Gasteiger partial charge in [-0.05, 0) is 48.4 Å². The van der Waals surface area contributed by atoms with E-state index in [-0.39, 0.29) is 50.4 Å². The number of fused-ring (bicyclic) bond motifs is 1. The second-order valence-corrected chi connectivity index (χ2v) is 27.2. The van der Waals surface area contributed by atoms with Gasteiger partial charge in [-0.25, -0.2) is 9.59 Å². The van der Waals surface area contributed by atoms with Crippen LogP contribution in [0.5, 0.6) is 0 Å². The second-order valence-electron chi connectivity index (χ2n) is 18.5. The Bertz CT molecular complexity index is 2730. The standard InChI is InChI=1S/C52H51Cl4NO13SSi/c1-29-42(41(58)40(52(67-29)71(63)33-23-15-8-16-24-33)57-47(59)34-35(48(57)60)37(54)39(56)38(55)36(34)53)69-51-46(68-49(61)32-21-13-7-14-22-32)44(66-28-31-19-11-6-12-20-31)43(65-27-30-17-9-5-10-18-30)45(70-51)50(62)64-25-26-72(2,3)4/h5-24,29,40-46,51-52,58H,25-28H2,1-4H3/t29-,40-,41-,42-,43-,44+,45+,46-,51-,52+,71?/m1/s1. The Morgan fingerprint density at radius 3 is 1.71 bits per heavy atom.